The Balaban J connectivity index is 0.000000771. The van der Waals surface area contributed by atoms with E-state index >= 15 is 0 Å². The summed E-state index contributed by atoms with van der Waals surface area (Å²) in [5.74, 6) is -0.187. The summed E-state index contributed by atoms with van der Waals surface area (Å²) < 4.78 is 0. The molecule has 0 aliphatic heterocycles. The predicted molar refractivity (Wildman–Crippen MR) is 68.6 cm³/mol. The van der Waals surface area contributed by atoms with Crippen LogP contribution in [0.5, 0.6) is 0 Å². The molecule has 1 aliphatic carbocycles. The lowest BCUT2D eigenvalue weighted by Gasteiger charge is -2.04. The van der Waals surface area contributed by atoms with Gasteiger partial charge in [0.25, 0.3) is 0 Å². The number of nitrogens with two attached hydrogens (primary N) is 2. The fourth-order valence-corrected chi connectivity index (χ4v) is 1.19. The van der Waals surface area contributed by atoms with Gasteiger partial charge in [0.2, 0.25) is 0 Å². The average molecular weight is 247 g/mol. The van der Waals surface area contributed by atoms with E-state index in [9.17, 15) is 4.79 Å². The second-order valence-corrected chi connectivity index (χ2v) is 3.14. The van der Waals surface area contributed by atoms with Crippen LogP contribution in [0, 0.1) is 0 Å². The number of nitrogen functional groups attached to an aromatic ring is 1. The van der Waals surface area contributed by atoms with Crippen molar-refractivity contribution >= 4 is 23.0 Å². The molecule has 0 amide bonds. The third-order valence-electron chi connectivity index (χ3n) is 2.01. The number of hydrogen-bond donors (Lipinski definition) is 3. The summed E-state index contributed by atoms with van der Waals surface area (Å²) in [7, 11) is 0. The Kier molecular flexibility index (Phi) is 4.03. The summed E-state index contributed by atoms with van der Waals surface area (Å²) in [6, 6.07) is 0. The first-order chi connectivity index (χ1) is 8.58. The number of aromatic nitrogens is 2. The average Bonchev–Trinajstić information content (AvgIpc) is 2.67. The van der Waals surface area contributed by atoms with Crippen LogP contribution in [-0.2, 0) is 4.79 Å². The number of carbonyl (C=O) groups excluding carboxylic acids is 1. The summed E-state index contributed by atoms with van der Waals surface area (Å²) in [5, 5.41) is 12.6. The second-order valence-electron chi connectivity index (χ2n) is 3.14. The number of carbonyl (C=O) groups is 1. The highest BCUT2D eigenvalue weighted by molar-refractivity contribution is 6.19. The van der Waals surface area contributed by atoms with Gasteiger partial charge in [0, 0.05) is 6.08 Å². The minimum absolute atomic E-state index is 0.00519. The van der Waals surface area contributed by atoms with Crippen molar-refractivity contribution in [2.24, 2.45) is 10.7 Å². The van der Waals surface area contributed by atoms with Crippen molar-refractivity contribution in [1.29, 1.82) is 0 Å². The van der Waals surface area contributed by atoms with Crippen LogP contribution in [0.25, 0.3) is 0 Å². The zero-order chi connectivity index (χ0) is 13.7. The Labute approximate surface area is 103 Å². The molecule has 7 heteroatoms. The van der Waals surface area contributed by atoms with Gasteiger partial charge in [-0.25, -0.2) is 4.99 Å². The van der Waals surface area contributed by atoms with Crippen molar-refractivity contribution in [2.75, 3.05) is 5.73 Å². The van der Waals surface area contributed by atoms with Gasteiger partial charge in [-0.15, -0.1) is 18.3 Å². The molecule has 0 radical (unpaired) electrons. The van der Waals surface area contributed by atoms with Gasteiger partial charge in [0.05, 0.1) is 17.6 Å². The van der Waals surface area contributed by atoms with E-state index in [-0.39, 0.29) is 23.0 Å². The summed E-state index contributed by atoms with van der Waals surface area (Å²) >= 11 is 0. The molecule has 0 atom stereocenters. The highest BCUT2D eigenvalue weighted by Crippen LogP contribution is 2.21. The number of allylic oxidation sites excluding steroid dienone is 3. The van der Waals surface area contributed by atoms with Gasteiger partial charge in [0.1, 0.15) is 5.69 Å². The van der Waals surface area contributed by atoms with Gasteiger partial charge in [-0.05, 0) is 12.2 Å². The molecule has 0 spiro atoms. The molecule has 1 aliphatic rings. The standard InChI is InChI=1S/C9H9N5O2.C2H4/c10-6-3-5(15)1-2-7(6)13-8-4-12-14(16)9(8)11;1-2/h1-4,16H,10-11H2;1-2H2. The van der Waals surface area contributed by atoms with Crippen molar-refractivity contribution < 1.29 is 10.0 Å². The molecule has 0 unspecified atom stereocenters. The van der Waals surface area contributed by atoms with Crippen LogP contribution in [0.15, 0.2) is 48.3 Å². The van der Waals surface area contributed by atoms with Crippen LogP contribution in [0.1, 0.15) is 0 Å². The molecule has 2 rings (SSSR count). The molecular formula is C11H13N5O2. The van der Waals surface area contributed by atoms with Gasteiger partial charge < -0.3 is 16.7 Å². The fourth-order valence-electron chi connectivity index (χ4n) is 1.19. The Morgan fingerprint density at radius 1 is 1.33 bits per heavy atom. The smallest absolute Gasteiger partial charge is 0.189 e. The molecule has 94 valence electrons. The minimum Gasteiger partial charge on any atom is -0.410 e. The van der Waals surface area contributed by atoms with Crippen molar-refractivity contribution in [3.05, 3.63) is 43.3 Å². The van der Waals surface area contributed by atoms with E-state index in [2.05, 4.69) is 23.2 Å². The highest BCUT2D eigenvalue weighted by atomic mass is 16.5. The molecular weight excluding hydrogens is 234 g/mol. The summed E-state index contributed by atoms with van der Waals surface area (Å²) in [6.07, 6.45) is 5.37. The Morgan fingerprint density at radius 3 is 2.50 bits per heavy atom. The number of hydrogen-bond acceptors (Lipinski definition) is 6. The van der Waals surface area contributed by atoms with Crippen LogP contribution < -0.4 is 11.5 Å². The minimum atomic E-state index is -0.192. The monoisotopic (exact) mass is 247 g/mol. The second kappa shape index (κ2) is 5.48. The van der Waals surface area contributed by atoms with Crippen LogP contribution in [0.2, 0.25) is 0 Å². The number of aliphatic imine (C=N–C) groups is 1. The van der Waals surface area contributed by atoms with Crippen LogP contribution >= 0.6 is 0 Å². The van der Waals surface area contributed by atoms with E-state index in [0.29, 0.717) is 10.6 Å². The molecule has 5 N–H and O–H groups in total. The van der Waals surface area contributed by atoms with Crippen LogP contribution in [0.3, 0.4) is 0 Å². The lowest BCUT2D eigenvalue weighted by molar-refractivity contribution is -0.110. The zero-order valence-corrected chi connectivity index (χ0v) is 9.58. The van der Waals surface area contributed by atoms with E-state index in [1.807, 2.05) is 0 Å². The third kappa shape index (κ3) is 2.64. The van der Waals surface area contributed by atoms with Crippen LogP contribution in [-0.4, -0.2) is 26.6 Å². The lowest BCUT2D eigenvalue weighted by atomic mass is 10.1. The molecule has 0 saturated heterocycles. The third-order valence-corrected chi connectivity index (χ3v) is 2.01. The predicted octanol–water partition coefficient (Wildman–Crippen LogP) is 0.559. The fraction of sp³-hybridized carbons (Fsp3) is 0. The molecule has 0 aromatic carbocycles. The maximum atomic E-state index is 11.0. The van der Waals surface area contributed by atoms with Crippen LogP contribution in [0.4, 0.5) is 11.5 Å². The molecule has 1 aromatic rings. The van der Waals surface area contributed by atoms with Gasteiger partial charge in [0.15, 0.2) is 11.6 Å². The SMILES string of the molecule is C=C.NC1=CC(=O)C=CC1=Nc1cnn(O)c1N. The molecule has 7 nitrogen and oxygen atoms in total. The lowest BCUT2D eigenvalue weighted by Crippen LogP contribution is -2.14. The first-order valence-electron chi connectivity index (χ1n) is 4.89. The zero-order valence-electron chi connectivity index (χ0n) is 9.58. The number of rotatable bonds is 1. The quantitative estimate of drug-likeness (QED) is 0.380. The maximum absolute atomic E-state index is 11.0. The molecule has 1 aromatic heterocycles. The molecule has 18 heavy (non-hydrogen) atoms. The van der Waals surface area contributed by atoms with Crippen molar-refractivity contribution in [1.82, 2.24) is 9.94 Å². The van der Waals surface area contributed by atoms with E-state index < -0.39 is 0 Å². The molecule has 0 fully saturated rings. The molecule has 1 heterocycles. The highest BCUT2D eigenvalue weighted by Gasteiger charge is 2.11. The Hall–Kier alpha value is -2.83. The van der Waals surface area contributed by atoms with Crippen molar-refractivity contribution in [3.8, 4) is 0 Å². The Bertz CT molecular complexity index is 554. The first kappa shape index (κ1) is 13.2. The summed E-state index contributed by atoms with van der Waals surface area (Å²) in [5.41, 5.74) is 12.0. The Morgan fingerprint density at radius 2 is 2.00 bits per heavy atom. The normalized spacial score (nSPS) is 16.1. The first-order valence-corrected chi connectivity index (χ1v) is 4.89. The van der Waals surface area contributed by atoms with E-state index in [0.717, 1.165) is 0 Å². The largest absolute Gasteiger partial charge is 0.410 e. The number of nitrogens with zero attached hydrogens (tertiary/aromatic N) is 3. The topological polar surface area (TPSA) is 120 Å². The summed E-state index contributed by atoms with van der Waals surface area (Å²) in [6.45, 7) is 6.00. The number of anilines is 1. The molecule has 0 saturated carbocycles. The van der Waals surface area contributed by atoms with Gasteiger partial charge in [-0.2, -0.15) is 0 Å². The van der Waals surface area contributed by atoms with Crippen molar-refractivity contribution in [3.63, 3.8) is 0 Å². The summed E-state index contributed by atoms with van der Waals surface area (Å²) in [4.78, 5) is 15.5. The van der Waals surface area contributed by atoms with Gasteiger partial charge in [-0.1, -0.05) is 4.85 Å². The van der Waals surface area contributed by atoms with Gasteiger partial charge >= 0.3 is 0 Å². The van der Waals surface area contributed by atoms with E-state index in [4.69, 9.17) is 16.7 Å². The van der Waals surface area contributed by atoms with Crippen molar-refractivity contribution in [2.45, 2.75) is 0 Å². The maximum Gasteiger partial charge on any atom is 0.189 e. The van der Waals surface area contributed by atoms with E-state index in [1.54, 1.807) is 0 Å². The molecule has 0 bridgehead atoms. The van der Waals surface area contributed by atoms with E-state index in [1.165, 1.54) is 24.4 Å². The van der Waals surface area contributed by atoms with Gasteiger partial charge in [-0.3, -0.25) is 4.79 Å². The number of ketones is 1.